The number of benzene rings is 1. The highest BCUT2D eigenvalue weighted by molar-refractivity contribution is 5.74. The number of aliphatic hydroxyl groups is 1. The summed E-state index contributed by atoms with van der Waals surface area (Å²) in [6.45, 7) is -2.75. The van der Waals surface area contributed by atoms with Crippen molar-refractivity contribution in [2.75, 3.05) is 13.2 Å². The number of aromatic nitrogens is 1. The van der Waals surface area contributed by atoms with Gasteiger partial charge in [-0.25, -0.2) is 9.78 Å². The molecule has 9 heteroatoms. The zero-order valence-electron chi connectivity index (χ0n) is 14.3. The van der Waals surface area contributed by atoms with Gasteiger partial charge in [0.15, 0.2) is 0 Å². The molecule has 0 bridgehead atoms. The summed E-state index contributed by atoms with van der Waals surface area (Å²) in [4.78, 5) is 15.7. The van der Waals surface area contributed by atoms with E-state index in [9.17, 15) is 18.7 Å². The van der Waals surface area contributed by atoms with E-state index in [0.717, 1.165) is 11.3 Å². The van der Waals surface area contributed by atoms with Gasteiger partial charge in [-0.05, 0) is 29.7 Å². The van der Waals surface area contributed by atoms with Crippen LogP contribution in [0.2, 0.25) is 0 Å². The van der Waals surface area contributed by atoms with Gasteiger partial charge in [0, 0.05) is 18.8 Å². The number of ether oxygens (including phenoxy) is 2. The normalized spacial score (nSPS) is 16.8. The number of halogens is 2. The van der Waals surface area contributed by atoms with Gasteiger partial charge < -0.3 is 25.2 Å². The molecule has 7 nitrogen and oxygen atoms in total. The monoisotopic (exact) mass is 379 g/mol. The lowest BCUT2D eigenvalue weighted by molar-refractivity contribution is -0.0530. The third-order valence-corrected chi connectivity index (χ3v) is 4.02. The van der Waals surface area contributed by atoms with Gasteiger partial charge in [-0.15, -0.1) is 0 Å². The Bertz CT molecular complexity index is 791. The van der Waals surface area contributed by atoms with Crippen LogP contribution in [0, 0.1) is 0 Å². The second-order valence-electron chi connectivity index (χ2n) is 6.00. The van der Waals surface area contributed by atoms with Gasteiger partial charge in [-0.2, -0.15) is 8.78 Å². The van der Waals surface area contributed by atoms with Crippen LogP contribution in [0.1, 0.15) is 17.2 Å². The summed E-state index contributed by atoms with van der Waals surface area (Å²) >= 11 is 0. The second kappa shape index (κ2) is 8.63. The quantitative estimate of drug-likeness (QED) is 0.714. The van der Waals surface area contributed by atoms with E-state index < -0.39 is 18.7 Å². The number of aliphatic hydroxyl groups excluding tert-OH is 1. The molecule has 27 heavy (non-hydrogen) atoms. The van der Waals surface area contributed by atoms with E-state index in [2.05, 4.69) is 20.4 Å². The molecule has 2 amide bonds. The van der Waals surface area contributed by atoms with E-state index in [4.69, 9.17) is 4.74 Å². The molecule has 1 aliphatic heterocycles. The van der Waals surface area contributed by atoms with Crippen LogP contribution in [0.3, 0.4) is 0 Å². The number of para-hydroxylation sites is 1. The third kappa shape index (κ3) is 5.27. The number of urea groups is 1. The van der Waals surface area contributed by atoms with Crippen molar-refractivity contribution in [1.29, 1.82) is 0 Å². The Morgan fingerprint density at radius 2 is 2.19 bits per heavy atom. The SMILES string of the molecule is O=C(NC[C@@H](O)c1ccnc(OC(F)F)c1)NC1COc2ccccc2C1. The van der Waals surface area contributed by atoms with Gasteiger partial charge >= 0.3 is 12.6 Å². The van der Waals surface area contributed by atoms with Gasteiger partial charge in [-0.1, -0.05) is 18.2 Å². The number of nitrogens with zero attached hydrogens (tertiary/aromatic N) is 1. The summed E-state index contributed by atoms with van der Waals surface area (Å²) < 4.78 is 34.2. The molecular weight excluding hydrogens is 360 g/mol. The molecule has 2 aromatic rings. The van der Waals surface area contributed by atoms with Crippen LogP contribution >= 0.6 is 0 Å². The van der Waals surface area contributed by atoms with Crippen LogP contribution in [0.25, 0.3) is 0 Å². The fourth-order valence-electron chi connectivity index (χ4n) is 2.75. The Hall–Kier alpha value is -2.94. The van der Waals surface area contributed by atoms with Crippen LogP contribution in [0.4, 0.5) is 13.6 Å². The van der Waals surface area contributed by atoms with Crippen molar-refractivity contribution in [1.82, 2.24) is 15.6 Å². The maximum absolute atomic E-state index is 12.2. The van der Waals surface area contributed by atoms with Crippen molar-refractivity contribution in [2.24, 2.45) is 0 Å². The zero-order chi connectivity index (χ0) is 19.2. The Morgan fingerprint density at radius 3 is 3.00 bits per heavy atom. The molecule has 3 N–H and O–H groups in total. The molecule has 1 aliphatic rings. The highest BCUT2D eigenvalue weighted by Crippen LogP contribution is 2.23. The highest BCUT2D eigenvalue weighted by atomic mass is 19.3. The average molecular weight is 379 g/mol. The van der Waals surface area contributed by atoms with Crippen LogP contribution < -0.4 is 20.1 Å². The smallest absolute Gasteiger partial charge is 0.388 e. The number of amides is 2. The summed E-state index contributed by atoms with van der Waals surface area (Å²) in [6, 6.07) is 9.61. The number of pyridine rings is 1. The fourth-order valence-corrected chi connectivity index (χ4v) is 2.75. The standard InChI is InChI=1S/C18H19F2N3O4/c19-17(20)27-16-8-11(5-6-21-16)14(24)9-22-18(25)23-13-7-12-3-1-2-4-15(12)26-10-13/h1-6,8,13-14,17,24H,7,9-10H2,(H2,22,23,25)/t13?,14-/m1/s1. The largest absolute Gasteiger partial charge is 0.491 e. The highest BCUT2D eigenvalue weighted by Gasteiger charge is 2.21. The number of hydrogen-bond donors (Lipinski definition) is 3. The molecule has 3 rings (SSSR count). The predicted octanol–water partition coefficient (Wildman–Crippen LogP) is 2.02. The molecule has 0 saturated carbocycles. The number of nitrogens with one attached hydrogen (secondary N) is 2. The number of fused-ring (bicyclic) bond motifs is 1. The van der Waals surface area contributed by atoms with Crippen LogP contribution in [0.5, 0.6) is 11.6 Å². The minimum atomic E-state index is -3.00. The predicted molar refractivity (Wildman–Crippen MR) is 91.8 cm³/mol. The second-order valence-corrected chi connectivity index (χ2v) is 6.00. The minimum absolute atomic E-state index is 0.103. The van der Waals surface area contributed by atoms with Gasteiger partial charge in [0.05, 0.1) is 12.1 Å². The maximum atomic E-state index is 12.2. The minimum Gasteiger partial charge on any atom is -0.491 e. The van der Waals surface area contributed by atoms with Crippen LogP contribution in [-0.2, 0) is 6.42 Å². The molecule has 0 saturated heterocycles. The van der Waals surface area contributed by atoms with Crippen molar-refractivity contribution in [3.63, 3.8) is 0 Å². The first-order valence-electron chi connectivity index (χ1n) is 8.35. The van der Waals surface area contributed by atoms with Gasteiger partial charge in [-0.3, -0.25) is 0 Å². The Morgan fingerprint density at radius 1 is 1.37 bits per heavy atom. The molecule has 0 radical (unpaired) electrons. The van der Waals surface area contributed by atoms with Gasteiger partial charge in [0.1, 0.15) is 12.4 Å². The van der Waals surface area contributed by atoms with Crippen LogP contribution in [0.15, 0.2) is 42.6 Å². The maximum Gasteiger partial charge on any atom is 0.388 e. The number of hydrogen-bond acceptors (Lipinski definition) is 5. The van der Waals surface area contributed by atoms with Crippen LogP contribution in [-0.4, -0.2) is 41.9 Å². The van der Waals surface area contributed by atoms with Crippen molar-refractivity contribution in [3.8, 4) is 11.6 Å². The lowest BCUT2D eigenvalue weighted by atomic mass is 10.0. The van der Waals surface area contributed by atoms with Crippen molar-refractivity contribution < 1.29 is 28.2 Å². The molecule has 2 atom stereocenters. The number of carbonyl (C=O) groups is 1. The molecular formula is C18H19F2N3O4. The van der Waals surface area contributed by atoms with E-state index >= 15 is 0 Å². The summed E-state index contributed by atoms with van der Waals surface area (Å²) in [5.74, 6) is 0.509. The molecule has 1 unspecified atom stereocenters. The lowest BCUT2D eigenvalue weighted by Gasteiger charge is -2.26. The van der Waals surface area contributed by atoms with E-state index in [1.807, 2.05) is 24.3 Å². The van der Waals surface area contributed by atoms with Crippen molar-refractivity contribution in [2.45, 2.75) is 25.2 Å². The van der Waals surface area contributed by atoms with E-state index in [0.29, 0.717) is 18.6 Å². The molecule has 1 aromatic heterocycles. The molecule has 2 heterocycles. The van der Waals surface area contributed by atoms with Crippen molar-refractivity contribution >= 4 is 6.03 Å². The zero-order valence-corrected chi connectivity index (χ0v) is 14.3. The summed E-state index contributed by atoms with van der Waals surface area (Å²) in [5, 5.41) is 15.5. The first-order valence-corrected chi connectivity index (χ1v) is 8.35. The fraction of sp³-hybridized carbons (Fsp3) is 0.333. The van der Waals surface area contributed by atoms with Gasteiger partial charge in [0.25, 0.3) is 0 Å². The molecule has 144 valence electrons. The van der Waals surface area contributed by atoms with Crippen molar-refractivity contribution in [3.05, 3.63) is 53.7 Å². The molecule has 1 aromatic carbocycles. The molecule has 0 spiro atoms. The number of alkyl halides is 2. The Labute approximate surface area is 154 Å². The summed E-state index contributed by atoms with van der Waals surface area (Å²) in [7, 11) is 0. The average Bonchev–Trinajstić information content (AvgIpc) is 2.65. The third-order valence-electron chi connectivity index (χ3n) is 4.02. The van der Waals surface area contributed by atoms with Gasteiger partial charge in [0.2, 0.25) is 5.88 Å². The van der Waals surface area contributed by atoms with E-state index in [1.165, 1.54) is 18.3 Å². The molecule has 0 fully saturated rings. The Balaban J connectivity index is 1.48. The Kier molecular flexibility index (Phi) is 6.02. The topological polar surface area (TPSA) is 92.7 Å². The molecule has 0 aliphatic carbocycles. The first-order chi connectivity index (χ1) is 13.0. The number of carbonyl (C=O) groups excluding carboxylic acids is 1. The summed E-state index contributed by atoms with van der Waals surface area (Å²) in [5.41, 5.74) is 1.31. The summed E-state index contributed by atoms with van der Waals surface area (Å²) in [6.07, 6.45) is 0.792. The number of rotatable bonds is 6. The van der Waals surface area contributed by atoms with E-state index in [1.54, 1.807) is 0 Å². The lowest BCUT2D eigenvalue weighted by Crippen LogP contribution is -2.48. The van der Waals surface area contributed by atoms with E-state index in [-0.39, 0.29) is 18.5 Å². The first kappa shape index (κ1) is 18.8.